The van der Waals surface area contributed by atoms with Crippen LogP contribution in [-0.4, -0.2) is 34.6 Å². The van der Waals surface area contributed by atoms with Crippen molar-refractivity contribution in [2.45, 2.75) is 18.9 Å². The first-order chi connectivity index (χ1) is 8.70. The predicted molar refractivity (Wildman–Crippen MR) is 71.4 cm³/mol. The number of nitrogens with zero attached hydrogens (tertiary/aromatic N) is 2. The largest absolute Gasteiger partial charge is 0.481 e. The molecular formula is C11H15N3O3S. The maximum Gasteiger partial charge on any atom is 0.311 e. The van der Waals surface area contributed by atoms with Gasteiger partial charge in [0.15, 0.2) is 0 Å². The summed E-state index contributed by atoms with van der Waals surface area (Å²) in [6.07, 6.45) is 2.14. The minimum Gasteiger partial charge on any atom is -0.481 e. The maximum absolute atomic E-state index is 10.9. The van der Waals surface area contributed by atoms with E-state index in [9.17, 15) is 10.1 Å². The minimum absolute atomic E-state index is 0.00799. The Morgan fingerprint density at radius 1 is 1.61 bits per heavy atom. The first kappa shape index (κ1) is 12.9. The molecule has 0 aromatic carbocycles. The maximum atomic E-state index is 10.9. The lowest BCUT2D eigenvalue weighted by atomic mass is 10.2. The van der Waals surface area contributed by atoms with Crippen LogP contribution in [-0.2, 0) is 0 Å². The molecule has 0 radical (unpaired) electrons. The number of pyridine rings is 1. The quantitative estimate of drug-likeness (QED) is 0.667. The third-order valence-corrected chi connectivity index (χ3v) is 3.97. The van der Waals surface area contributed by atoms with Gasteiger partial charge in [0.2, 0.25) is 11.7 Å². The van der Waals surface area contributed by atoms with Crippen LogP contribution in [0.2, 0.25) is 0 Å². The second-order valence-corrected chi connectivity index (χ2v) is 5.19. The van der Waals surface area contributed by atoms with Crippen molar-refractivity contribution in [1.82, 2.24) is 4.98 Å². The monoisotopic (exact) mass is 269 g/mol. The SMILES string of the molecule is COc1ccc([N+](=O)[O-])c(NC2CCCSC2)n1. The fourth-order valence-electron chi connectivity index (χ4n) is 1.85. The number of rotatable bonds is 4. The zero-order valence-electron chi connectivity index (χ0n) is 10.1. The minimum atomic E-state index is -0.426. The Morgan fingerprint density at radius 2 is 2.44 bits per heavy atom. The number of nitrogens with one attached hydrogen (secondary N) is 1. The molecule has 1 aliphatic rings. The van der Waals surface area contributed by atoms with E-state index in [1.54, 1.807) is 0 Å². The summed E-state index contributed by atoms with van der Waals surface area (Å²) in [6.45, 7) is 0. The van der Waals surface area contributed by atoms with Crippen LogP contribution in [0.15, 0.2) is 12.1 Å². The van der Waals surface area contributed by atoms with Crippen LogP contribution in [0.25, 0.3) is 0 Å². The van der Waals surface area contributed by atoms with E-state index in [4.69, 9.17) is 4.74 Å². The molecule has 1 unspecified atom stereocenters. The van der Waals surface area contributed by atoms with Crippen molar-refractivity contribution in [3.63, 3.8) is 0 Å². The van der Waals surface area contributed by atoms with Crippen LogP contribution in [0.1, 0.15) is 12.8 Å². The van der Waals surface area contributed by atoms with Crippen molar-refractivity contribution < 1.29 is 9.66 Å². The molecule has 1 fully saturated rings. The molecule has 0 spiro atoms. The molecule has 1 aliphatic heterocycles. The number of anilines is 1. The van der Waals surface area contributed by atoms with Crippen LogP contribution < -0.4 is 10.1 Å². The number of nitro groups is 1. The van der Waals surface area contributed by atoms with E-state index >= 15 is 0 Å². The van der Waals surface area contributed by atoms with Crippen molar-refractivity contribution >= 4 is 23.3 Å². The number of ether oxygens (including phenoxy) is 1. The van der Waals surface area contributed by atoms with Gasteiger partial charge in [0, 0.05) is 23.9 Å². The van der Waals surface area contributed by atoms with Gasteiger partial charge in [0.05, 0.1) is 12.0 Å². The molecule has 0 bridgehead atoms. The highest BCUT2D eigenvalue weighted by Gasteiger charge is 2.21. The van der Waals surface area contributed by atoms with Gasteiger partial charge in [-0.1, -0.05) is 0 Å². The normalized spacial score (nSPS) is 19.3. The number of hydrogen-bond acceptors (Lipinski definition) is 6. The Labute approximate surface area is 109 Å². The standard InChI is InChI=1S/C11H15N3O3S/c1-17-10-5-4-9(14(15)16)11(13-10)12-8-3-2-6-18-7-8/h4-5,8H,2-3,6-7H2,1H3,(H,12,13). The molecule has 0 saturated carbocycles. The lowest BCUT2D eigenvalue weighted by Crippen LogP contribution is -2.26. The van der Waals surface area contributed by atoms with Crippen molar-refractivity contribution in [3.05, 3.63) is 22.2 Å². The van der Waals surface area contributed by atoms with E-state index in [1.165, 1.54) is 19.2 Å². The first-order valence-corrected chi connectivity index (χ1v) is 6.90. The molecule has 1 aromatic heterocycles. The number of aromatic nitrogens is 1. The molecule has 1 saturated heterocycles. The summed E-state index contributed by atoms with van der Waals surface area (Å²) in [5, 5.41) is 14.1. The highest BCUT2D eigenvalue weighted by molar-refractivity contribution is 7.99. The van der Waals surface area contributed by atoms with Gasteiger partial charge in [-0.15, -0.1) is 0 Å². The summed E-state index contributed by atoms with van der Waals surface area (Å²) in [5.74, 6) is 2.79. The van der Waals surface area contributed by atoms with Gasteiger partial charge in [-0.3, -0.25) is 10.1 Å². The predicted octanol–water partition coefficient (Wildman–Crippen LogP) is 2.31. The lowest BCUT2D eigenvalue weighted by Gasteiger charge is -2.22. The van der Waals surface area contributed by atoms with Gasteiger partial charge in [0.1, 0.15) is 0 Å². The molecule has 0 amide bonds. The van der Waals surface area contributed by atoms with Gasteiger partial charge < -0.3 is 10.1 Å². The van der Waals surface area contributed by atoms with Gasteiger partial charge in [-0.2, -0.15) is 16.7 Å². The molecule has 1 N–H and O–H groups in total. The third kappa shape index (κ3) is 3.04. The average molecular weight is 269 g/mol. The molecule has 0 aliphatic carbocycles. The van der Waals surface area contributed by atoms with Crippen molar-refractivity contribution in [2.75, 3.05) is 23.9 Å². The molecule has 98 valence electrons. The summed E-state index contributed by atoms with van der Waals surface area (Å²) < 4.78 is 5.00. The van der Waals surface area contributed by atoms with Crippen molar-refractivity contribution in [2.24, 2.45) is 0 Å². The summed E-state index contributed by atoms with van der Waals surface area (Å²) in [5.41, 5.74) is -0.00799. The van der Waals surface area contributed by atoms with Gasteiger partial charge >= 0.3 is 5.69 Å². The summed E-state index contributed by atoms with van der Waals surface area (Å²) >= 11 is 1.86. The molecular weight excluding hydrogens is 254 g/mol. The second kappa shape index (κ2) is 5.90. The van der Waals surface area contributed by atoms with Crippen LogP contribution >= 0.6 is 11.8 Å². The van der Waals surface area contributed by atoms with E-state index in [0.29, 0.717) is 11.7 Å². The van der Waals surface area contributed by atoms with Crippen LogP contribution in [0.5, 0.6) is 5.88 Å². The molecule has 18 heavy (non-hydrogen) atoms. The van der Waals surface area contributed by atoms with Crippen molar-refractivity contribution in [1.29, 1.82) is 0 Å². The third-order valence-electron chi connectivity index (χ3n) is 2.76. The van der Waals surface area contributed by atoms with Gasteiger partial charge in [0.25, 0.3) is 0 Å². The highest BCUT2D eigenvalue weighted by atomic mass is 32.2. The zero-order chi connectivity index (χ0) is 13.0. The molecule has 2 heterocycles. The van der Waals surface area contributed by atoms with E-state index in [2.05, 4.69) is 10.3 Å². The lowest BCUT2D eigenvalue weighted by molar-refractivity contribution is -0.384. The Kier molecular flexibility index (Phi) is 4.24. The van der Waals surface area contributed by atoms with Crippen LogP contribution in [0.4, 0.5) is 11.5 Å². The Balaban J connectivity index is 2.19. The average Bonchev–Trinajstić information content (AvgIpc) is 2.39. The van der Waals surface area contributed by atoms with Crippen LogP contribution in [0, 0.1) is 10.1 Å². The van der Waals surface area contributed by atoms with Crippen LogP contribution in [0.3, 0.4) is 0 Å². The second-order valence-electron chi connectivity index (χ2n) is 4.04. The van der Waals surface area contributed by atoms with E-state index in [-0.39, 0.29) is 11.7 Å². The zero-order valence-corrected chi connectivity index (χ0v) is 10.9. The van der Waals surface area contributed by atoms with E-state index in [0.717, 1.165) is 24.3 Å². The Morgan fingerprint density at radius 3 is 3.06 bits per heavy atom. The van der Waals surface area contributed by atoms with Gasteiger partial charge in [-0.25, -0.2) is 0 Å². The Bertz CT molecular complexity index is 436. The van der Waals surface area contributed by atoms with E-state index < -0.39 is 4.92 Å². The Hall–Kier alpha value is -1.50. The number of methoxy groups -OCH3 is 1. The summed E-state index contributed by atoms with van der Waals surface area (Å²) in [7, 11) is 1.49. The number of thioether (sulfide) groups is 1. The fourth-order valence-corrected chi connectivity index (χ4v) is 2.92. The fraction of sp³-hybridized carbons (Fsp3) is 0.545. The summed E-state index contributed by atoms with van der Waals surface area (Å²) in [4.78, 5) is 14.6. The molecule has 1 atom stereocenters. The smallest absolute Gasteiger partial charge is 0.311 e. The van der Waals surface area contributed by atoms with E-state index in [1.807, 2.05) is 11.8 Å². The molecule has 1 aromatic rings. The van der Waals surface area contributed by atoms with Crippen molar-refractivity contribution in [3.8, 4) is 5.88 Å². The topological polar surface area (TPSA) is 77.3 Å². The molecule has 6 nitrogen and oxygen atoms in total. The molecule has 2 rings (SSSR count). The molecule has 7 heteroatoms. The first-order valence-electron chi connectivity index (χ1n) is 5.74. The number of hydrogen-bond donors (Lipinski definition) is 1. The summed E-state index contributed by atoms with van der Waals surface area (Å²) in [6, 6.07) is 3.16. The van der Waals surface area contributed by atoms with Gasteiger partial charge in [-0.05, 0) is 18.6 Å². The highest BCUT2D eigenvalue weighted by Crippen LogP contribution is 2.28.